The Morgan fingerprint density at radius 1 is 0.722 bits per heavy atom. The molecule has 0 amide bonds. The molecule has 0 aliphatic carbocycles. The van der Waals surface area contributed by atoms with Gasteiger partial charge in [-0.05, 0) is 41.8 Å². The van der Waals surface area contributed by atoms with E-state index in [1.807, 2.05) is 0 Å². The molecule has 4 heteroatoms. The van der Waals surface area contributed by atoms with Crippen molar-refractivity contribution in [3.8, 4) is 0 Å². The molecule has 1 aliphatic rings. The van der Waals surface area contributed by atoms with Crippen molar-refractivity contribution in [2.24, 2.45) is 0 Å². The Hall–Kier alpha value is -0.160. The number of hydrogen-bond donors (Lipinski definition) is 2. The smallest absolute Gasteiger partial charge is 0.0192 e. The summed E-state index contributed by atoms with van der Waals surface area (Å²) in [5.41, 5.74) is 0. The first-order chi connectivity index (χ1) is 8.40. The zero-order valence-corrected chi connectivity index (χ0v) is 13.0. The topological polar surface area (TPSA) is 30.5 Å². The van der Waals surface area contributed by atoms with Gasteiger partial charge in [-0.2, -0.15) is 0 Å². The molecule has 1 rings (SSSR count). The molecular weight excluding hydrogens is 224 g/mol. The van der Waals surface area contributed by atoms with Crippen LogP contribution in [0.5, 0.6) is 0 Å². The summed E-state index contributed by atoms with van der Waals surface area (Å²) in [7, 11) is 4.46. The molecule has 1 saturated heterocycles. The van der Waals surface area contributed by atoms with Gasteiger partial charge in [-0.1, -0.05) is 0 Å². The van der Waals surface area contributed by atoms with Crippen LogP contribution in [0, 0.1) is 0 Å². The molecule has 4 atom stereocenters. The van der Waals surface area contributed by atoms with Gasteiger partial charge in [0.2, 0.25) is 0 Å². The maximum atomic E-state index is 3.61. The number of rotatable bonds is 0. The lowest BCUT2D eigenvalue weighted by Crippen LogP contribution is -2.52. The Bertz CT molecular complexity index is 234. The summed E-state index contributed by atoms with van der Waals surface area (Å²) in [5.74, 6) is 0. The van der Waals surface area contributed by atoms with E-state index in [0.717, 1.165) is 26.2 Å². The van der Waals surface area contributed by atoms with Crippen LogP contribution in [0.25, 0.3) is 0 Å². The van der Waals surface area contributed by atoms with Gasteiger partial charge in [-0.15, -0.1) is 0 Å². The van der Waals surface area contributed by atoms with Crippen LogP contribution in [0.2, 0.25) is 0 Å². The largest absolute Gasteiger partial charge is 0.311 e. The fourth-order valence-corrected chi connectivity index (χ4v) is 2.39. The molecule has 0 saturated carbocycles. The van der Waals surface area contributed by atoms with Crippen molar-refractivity contribution >= 4 is 0 Å². The molecule has 0 bridgehead atoms. The second-order valence-corrected chi connectivity index (χ2v) is 6.20. The molecule has 0 aromatic heterocycles. The first kappa shape index (κ1) is 15.9. The van der Waals surface area contributed by atoms with E-state index in [9.17, 15) is 0 Å². The molecule has 0 spiro atoms. The summed E-state index contributed by atoms with van der Waals surface area (Å²) < 4.78 is 0. The highest BCUT2D eigenvalue weighted by Gasteiger charge is 2.19. The average Bonchev–Trinajstić information content (AvgIpc) is 2.31. The fraction of sp³-hybridized carbons (Fsp3) is 1.00. The molecule has 0 radical (unpaired) electrons. The Kier molecular flexibility index (Phi) is 6.57. The van der Waals surface area contributed by atoms with Crippen molar-refractivity contribution < 1.29 is 0 Å². The maximum Gasteiger partial charge on any atom is 0.0192 e. The van der Waals surface area contributed by atoms with Crippen molar-refractivity contribution in [3.63, 3.8) is 0 Å². The van der Waals surface area contributed by atoms with Crippen molar-refractivity contribution in [2.75, 3.05) is 40.3 Å². The van der Waals surface area contributed by atoms with Gasteiger partial charge < -0.3 is 20.4 Å². The van der Waals surface area contributed by atoms with E-state index < -0.39 is 0 Å². The lowest BCUT2D eigenvalue weighted by molar-refractivity contribution is 0.149. The van der Waals surface area contributed by atoms with E-state index in [1.165, 1.54) is 0 Å². The molecule has 1 heterocycles. The van der Waals surface area contributed by atoms with Crippen molar-refractivity contribution in [2.45, 2.75) is 51.9 Å². The zero-order chi connectivity index (χ0) is 13.7. The van der Waals surface area contributed by atoms with Gasteiger partial charge in [-0.25, -0.2) is 0 Å². The maximum absolute atomic E-state index is 3.61. The molecule has 1 fully saturated rings. The van der Waals surface area contributed by atoms with Crippen molar-refractivity contribution in [1.82, 2.24) is 20.4 Å². The van der Waals surface area contributed by atoms with Gasteiger partial charge in [0, 0.05) is 50.3 Å². The first-order valence-electron chi connectivity index (χ1n) is 7.27. The monoisotopic (exact) mass is 256 g/mol. The van der Waals surface area contributed by atoms with Crippen molar-refractivity contribution in [1.29, 1.82) is 0 Å². The van der Waals surface area contributed by atoms with Gasteiger partial charge in [-0.3, -0.25) is 0 Å². The second kappa shape index (κ2) is 7.43. The molecule has 18 heavy (non-hydrogen) atoms. The minimum Gasteiger partial charge on any atom is -0.311 e. The Balaban J connectivity index is 2.62. The summed E-state index contributed by atoms with van der Waals surface area (Å²) in [6, 6.07) is 2.26. The van der Waals surface area contributed by atoms with Gasteiger partial charge in [0.15, 0.2) is 0 Å². The second-order valence-electron chi connectivity index (χ2n) is 6.20. The van der Waals surface area contributed by atoms with Crippen LogP contribution in [-0.4, -0.2) is 74.2 Å². The van der Waals surface area contributed by atoms with E-state index in [1.54, 1.807) is 0 Å². The zero-order valence-electron chi connectivity index (χ0n) is 13.0. The lowest BCUT2D eigenvalue weighted by atomic mass is 10.2. The third-order valence-corrected chi connectivity index (χ3v) is 4.15. The average molecular weight is 256 g/mol. The van der Waals surface area contributed by atoms with Crippen LogP contribution in [0.15, 0.2) is 0 Å². The predicted molar refractivity (Wildman–Crippen MR) is 79.1 cm³/mol. The minimum absolute atomic E-state index is 0.533. The minimum atomic E-state index is 0.533. The SMILES string of the molecule is CC1CNC(C)CN(C)C(C)CN(C)C(C)CN1. The third-order valence-electron chi connectivity index (χ3n) is 4.15. The number of nitrogens with one attached hydrogen (secondary N) is 2. The highest BCUT2D eigenvalue weighted by Crippen LogP contribution is 2.04. The number of likely N-dealkylation sites (N-methyl/N-ethyl adjacent to an activating group) is 2. The van der Waals surface area contributed by atoms with Gasteiger partial charge >= 0.3 is 0 Å². The van der Waals surface area contributed by atoms with Crippen LogP contribution in [-0.2, 0) is 0 Å². The highest BCUT2D eigenvalue weighted by atomic mass is 15.2. The summed E-state index contributed by atoms with van der Waals surface area (Å²) in [5, 5.41) is 7.22. The first-order valence-corrected chi connectivity index (χ1v) is 7.27. The lowest BCUT2D eigenvalue weighted by Gasteiger charge is -2.35. The van der Waals surface area contributed by atoms with Gasteiger partial charge in [0.1, 0.15) is 0 Å². The molecular formula is C14H32N4. The Morgan fingerprint density at radius 3 is 1.94 bits per heavy atom. The van der Waals surface area contributed by atoms with E-state index in [4.69, 9.17) is 0 Å². The summed E-state index contributed by atoms with van der Waals surface area (Å²) in [4.78, 5) is 4.92. The number of nitrogens with zero attached hydrogens (tertiary/aromatic N) is 2. The fourth-order valence-electron chi connectivity index (χ4n) is 2.39. The summed E-state index contributed by atoms with van der Waals surface area (Å²) in [6.07, 6.45) is 0. The van der Waals surface area contributed by atoms with Crippen LogP contribution in [0.3, 0.4) is 0 Å². The predicted octanol–water partition coefficient (Wildman–Crippen LogP) is 0.597. The van der Waals surface area contributed by atoms with Crippen LogP contribution in [0.1, 0.15) is 27.7 Å². The molecule has 4 unspecified atom stereocenters. The highest BCUT2D eigenvalue weighted by molar-refractivity contribution is 4.79. The van der Waals surface area contributed by atoms with Crippen molar-refractivity contribution in [3.05, 3.63) is 0 Å². The Labute approximate surface area is 113 Å². The molecule has 2 N–H and O–H groups in total. The molecule has 0 aromatic carbocycles. The number of hydrogen-bond acceptors (Lipinski definition) is 4. The van der Waals surface area contributed by atoms with E-state index in [0.29, 0.717) is 24.2 Å². The van der Waals surface area contributed by atoms with Crippen LogP contribution < -0.4 is 10.6 Å². The quantitative estimate of drug-likeness (QED) is 0.664. The normalized spacial score (nSPS) is 39.0. The van der Waals surface area contributed by atoms with Gasteiger partial charge in [0.25, 0.3) is 0 Å². The van der Waals surface area contributed by atoms with Gasteiger partial charge in [0.05, 0.1) is 0 Å². The van der Waals surface area contributed by atoms with Crippen LogP contribution >= 0.6 is 0 Å². The standard InChI is InChI=1S/C14H32N4/c1-11-7-15-12(2)9-17(5)14(4)10-18(6)13(3)8-16-11/h11-16H,7-10H2,1-6H3. The van der Waals surface area contributed by atoms with E-state index >= 15 is 0 Å². The molecule has 1 aliphatic heterocycles. The Morgan fingerprint density at radius 2 is 1.28 bits per heavy atom. The molecule has 0 aromatic rings. The van der Waals surface area contributed by atoms with E-state index in [2.05, 4.69) is 62.2 Å². The molecule has 4 nitrogen and oxygen atoms in total. The third kappa shape index (κ3) is 5.22. The van der Waals surface area contributed by atoms with Crippen LogP contribution in [0.4, 0.5) is 0 Å². The summed E-state index contributed by atoms with van der Waals surface area (Å²) >= 11 is 0. The van der Waals surface area contributed by atoms with E-state index in [-0.39, 0.29) is 0 Å². The molecule has 108 valence electrons. The summed E-state index contributed by atoms with van der Waals surface area (Å²) in [6.45, 7) is 13.5.